The zero-order valence-electron chi connectivity index (χ0n) is 11.6. The third-order valence-corrected chi connectivity index (χ3v) is 3.78. The van der Waals surface area contributed by atoms with E-state index < -0.39 is 0 Å². The fourth-order valence-corrected chi connectivity index (χ4v) is 2.60. The Balaban J connectivity index is 1.87. The molecule has 4 nitrogen and oxygen atoms in total. The summed E-state index contributed by atoms with van der Waals surface area (Å²) in [6.07, 6.45) is 1.97. The summed E-state index contributed by atoms with van der Waals surface area (Å²) in [5, 5.41) is 12.9. The van der Waals surface area contributed by atoms with E-state index in [0.29, 0.717) is 0 Å². The number of nitrogens with zero attached hydrogens (tertiary/aromatic N) is 1. The monoisotopic (exact) mass is 264 g/mol. The molecule has 1 aromatic carbocycles. The maximum atomic E-state index is 9.57. The molecule has 0 bridgehead atoms. The number of aliphatic hydroxyl groups is 1. The first-order valence-electron chi connectivity index (χ1n) is 7.02. The van der Waals surface area contributed by atoms with Crippen molar-refractivity contribution < 1.29 is 9.84 Å². The number of aliphatic hydroxyl groups excluding tert-OH is 1. The van der Waals surface area contributed by atoms with Crippen molar-refractivity contribution in [3.8, 4) is 5.75 Å². The first-order valence-corrected chi connectivity index (χ1v) is 7.02. The van der Waals surface area contributed by atoms with Crippen LogP contribution in [-0.4, -0.2) is 55.9 Å². The lowest BCUT2D eigenvalue weighted by Crippen LogP contribution is -2.49. The molecule has 0 amide bonds. The van der Waals surface area contributed by atoms with Crippen molar-refractivity contribution in [3.05, 3.63) is 29.8 Å². The van der Waals surface area contributed by atoms with Gasteiger partial charge in [-0.25, -0.2) is 0 Å². The van der Waals surface area contributed by atoms with Gasteiger partial charge in [-0.2, -0.15) is 0 Å². The molecule has 1 unspecified atom stereocenters. The van der Waals surface area contributed by atoms with Crippen molar-refractivity contribution >= 4 is 0 Å². The topological polar surface area (TPSA) is 44.7 Å². The molecule has 2 rings (SSSR count). The van der Waals surface area contributed by atoms with Gasteiger partial charge in [0.25, 0.3) is 0 Å². The summed E-state index contributed by atoms with van der Waals surface area (Å²) in [5.41, 5.74) is 1.27. The molecule has 1 fully saturated rings. The first-order chi connectivity index (χ1) is 9.33. The van der Waals surface area contributed by atoms with Gasteiger partial charge in [-0.05, 0) is 30.5 Å². The van der Waals surface area contributed by atoms with Gasteiger partial charge in [-0.1, -0.05) is 12.1 Å². The molecule has 19 heavy (non-hydrogen) atoms. The predicted molar refractivity (Wildman–Crippen MR) is 76.6 cm³/mol. The summed E-state index contributed by atoms with van der Waals surface area (Å²) in [4.78, 5) is 2.39. The Kier molecular flexibility index (Phi) is 5.63. The Hall–Kier alpha value is -1.10. The highest BCUT2D eigenvalue weighted by molar-refractivity contribution is 5.28. The molecular weight excluding hydrogens is 240 g/mol. The van der Waals surface area contributed by atoms with E-state index in [1.807, 2.05) is 12.1 Å². The van der Waals surface area contributed by atoms with E-state index in [2.05, 4.69) is 22.3 Å². The van der Waals surface area contributed by atoms with Gasteiger partial charge in [0.2, 0.25) is 0 Å². The van der Waals surface area contributed by atoms with Gasteiger partial charge >= 0.3 is 0 Å². The summed E-state index contributed by atoms with van der Waals surface area (Å²) in [7, 11) is 1.69. The average Bonchev–Trinajstić information content (AvgIpc) is 2.49. The number of nitrogens with one attached hydrogen (secondary N) is 1. The summed E-state index contributed by atoms with van der Waals surface area (Å²) < 4.78 is 5.24. The van der Waals surface area contributed by atoms with Crippen LogP contribution < -0.4 is 10.1 Å². The molecule has 1 aromatic rings. The van der Waals surface area contributed by atoms with Crippen molar-refractivity contribution in [2.24, 2.45) is 0 Å². The van der Waals surface area contributed by atoms with Crippen LogP contribution in [0.25, 0.3) is 0 Å². The number of benzene rings is 1. The maximum absolute atomic E-state index is 9.57. The van der Waals surface area contributed by atoms with Crippen LogP contribution in [0, 0.1) is 0 Å². The average molecular weight is 264 g/mol. The van der Waals surface area contributed by atoms with Crippen LogP contribution in [0.2, 0.25) is 0 Å². The number of methoxy groups -OCH3 is 1. The second kappa shape index (κ2) is 7.48. The highest BCUT2D eigenvalue weighted by Crippen LogP contribution is 2.16. The van der Waals surface area contributed by atoms with Gasteiger partial charge < -0.3 is 15.2 Å². The van der Waals surface area contributed by atoms with Crippen LogP contribution in [0.15, 0.2) is 24.3 Å². The van der Waals surface area contributed by atoms with Crippen LogP contribution in [0.5, 0.6) is 5.75 Å². The minimum absolute atomic E-state index is 0.240. The fourth-order valence-electron chi connectivity index (χ4n) is 2.60. The molecule has 4 heteroatoms. The maximum Gasteiger partial charge on any atom is 0.119 e. The Morgan fingerprint density at radius 1 is 1.37 bits per heavy atom. The molecule has 1 aliphatic rings. The van der Waals surface area contributed by atoms with Crippen LogP contribution >= 0.6 is 0 Å². The van der Waals surface area contributed by atoms with Crippen LogP contribution in [0.4, 0.5) is 0 Å². The Bertz CT molecular complexity index is 378. The molecule has 2 N–H and O–H groups in total. The lowest BCUT2D eigenvalue weighted by Gasteiger charge is -2.34. The molecule has 0 radical (unpaired) electrons. The lowest BCUT2D eigenvalue weighted by molar-refractivity contribution is 0.104. The zero-order valence-corrected chi connectivity index (χ0v) is 11.6. The lowest BCUT2D eigenvalue weighted by atomic mass is 10.0. The van der Waals surface area contributed by atoms with Crippen molar-refractivity contribution in [1.29, 1.82) is 0 Å². The van der Waals surface area contributed by atoms with Crippen molar-refractivity contribution in [3.63, 3.8) is 0 Å². The highest BCUT2D eigenvalue weighted by Gasteiger charge is 2.19. The van der Waals surface area contributed by atoms with E-state index >= 15 is 0 Å². The summed E-state index contributed by atoms with van der Waals surface area (Å²) in [5.74, 6) is 0.903. The zero-order chi connectivity index (χ0) is 13.5. The van der Waals surface area contributed by atoms with E-state index in [1.165, 1.54) is 5.56 Å². The number of piperazine rings is 1. The van der Waals surface area contributed by atoms with E-state index in [9.17, 15) is 5.11 Å². The van der Waals surface area contributed by atoms with Crippen molar-refractivity contribution in [2.45, 2.75) is 18.9 Å². The van der Waals surface area contributed by atoms with E-state index in [-0.39, 0.29) is 12.6 Å². The van der Waals surface area contributed by atoms with Crippen molar-refractivity contribution in [2.75, 3.05) is 39.9 Å². The largest absolute Gasteiger partial charge is 0.497 e. The van der Waals surface area contributed by atoms with Crippen LogP contribution in [-0.2, 0) is 6.42 Å². The second-order valence-corrected chi connectivity index (χ2v) is 5.01. The molecule has 1 aliphatic heterocycles. The molecule has 0 aromatic heterocycles. The minimum Gasteiger partial charge on any atom is -0.497 e. The number of rotatable bonds is 6. The van der Waals surface area contributed by atoms with E-state index in [0.717, 1.165) is 44.8 Å². The molecule has 1 heterocycles. The second-order valence-electron chi connectivity index (χ2n) is 5.01. The van der Waals surface area contributed by atoms with Gasteiger partial charge in [0, 0.05) is 32.2 Å². The minimum atomic E-state index is 0.240. The quantitative estimate of drug-likeness (QED) is 0.801. The van der Waals surface area contributed by atoms with Crippen LogP contribution in [0.1, 0.15) is 12.0 Å². The molecule has 0 spiro atoms. The molecule has 0 saturated carbocycles. The fraction of sp³-hybridized carbons (Fsp3) is 0.600. The predicted octanol–water partition coefficient (Wildman–Crippen LogP) is 0.894. The molecule has 1 saturated heterocycles. The van der Waals surface area contributed by atoms with Gasteiger partial charge in [0.05, 0.1) is 13.7 Å². The van der Waals surface area contributed by atoms with Gasteiger partial charge in [0.15, 0.2) is 0 Å². The number of hydrogen-bond donors (Lipinski definition) is 2. The van der Waals surface area contributed by atoms with E-state index in [1.54, 1.807) is 7.11 Å². The van der Waals surface area contributed by atoms with Crippen LogP contribution in [0.3, 0.4) is 0 Å². The Labute approximate surface area is 115 Å². The SMILES string of the molecule is COc1cccc(CCC(CO)N2CCNCC2)c1. The highest BCUT2D eigenvalue weighted by atomic mass is 16.5. The standard InChI is InChI=1S/C15H24N2O2/c1-19-15-4-2-3-13(11-15)5-6-14(12-18)17-9-7-16-8-10-17/h2-4,11,14,16,18H,5-10,12H2,1H3. The Morgan fingerprint density at radius 3 is 2.84 bits per heavy atom. The third kappa shape index (κ3) is 4.20. The third-order valence-electron chi connectivity index (χ3n) is 3.78. The number of ether oxygens (including phenoxy) is 1. The van der Waals surface area contributed by atoms with Gasteiger partial charge in [0.1, 0.15) is 5.75 Å². The molecule has 1 atom stereocenters. The van der Waals surface area contributed by atoms with Gasteiger partial charge in [-0.15, -0.1) is 0 Å². The summed E-state index contributed by atoms with van der Waals surface area (Å²) in [6.45, 7) is 4.35. The molecular formula is C15H24N2O2. The van der Waals surface area contributed by atoms with E-state index in [4.69, 9.17) is 4.74 Å². The summed E-state index contributed by atoms with van der Waals surface area (Å²) >= 11 is 0. The van der Waals surface area contributed by atoms with Gasteiger partial charge in [-0.3, -0.25) is 4.90 Å². The molecule has 106 valence electrons. The Morgan fingerprint density at radius 2 is 2.16 bits per heavy atom. The molecule has 0 aliphatic carbocycles. The number of hydrogen-bond acceptors (Lipinski definition) is 4. The smallest absolute Gasteiger partial charge is 0.119 e. The number of aryl methyl sites for hydroxylation is 1. The normalized spacial score (nSPS) is 18.2. The van der Waals surface area contributed by atoms with Crippen molar-refractivity contribution in [1.82, 2.24) is 10.2 Å². The first kappa shape index (κ1) is 14.3. The summed E-state index contributed by atoms with van der Waals surface area (Å²) in [6, 6.07) is 8.45.